The summed E-state index contributed by atoms with van der Waals surface area (Å²) in [5.41, 5.74) is 9.62. The quantitative estimate of drug-likeness (QED) is 0.297. The van der Waals surface area contributed by atoms with Crippen molar-refractivity contribution in [2.45, 2.75) is 37.8 Å². The molecular formula is C30H30ClFN2O4S. The second-order valence-electron chi connectivity index (χ2n) is 9.48. The standard InChI is InChI=1S/C30H30ClFN2O4S/c1-18-22(16-23-24(32)13-9-15-27(23)39(4,36)37)19(2)34(17-25(33)20-10-6-5-7-11-20)30(35)28(18)21-12-8-14-26(38-3)29(21)31/h5-15,25H,16-17,33H2,1-4H3. The van der Waals surface area contributed by atoms with E-state index in [1.807, 2.05) is 30.3 Å². The SMILES string of the molecule is COc1cccc(-c2c(C)c(Cc3c(F)cccc3S(C)(=O)=O)c(C)n(CC(N)c3ccccc3)c2=O)c1Cl. The summed E-state index contributed by atoms with van der Waals surface area (Å²) in [7, 11) is -2.23. The normalized spacial score (nSPS) is 12.4. The number of benzene rings is 3. The van der Waals surface area contributed by atoms with Crippen LogP contribution in [0.1, 0.15) is 34.0 Å². The van der Waals surface area contributed by atoms with E-state index in [4.69, 9.17) is 22.1 Å². The van der Waals surface area contributed by atoms with Crippen molar-refractivity contribution in [2.75, 3.05) is 13.4 Å². The highest BCUT2D eigenvalue weighted by Gasteiger charge is 2.25. The highest BCUT2D eigenvalue weighted by molar-refractivity contribution is 7.90. The topological polar surface area (TPSA) is 91.4 Å². The molecule has 204 valence electrons. The van der Waals surface area contributed by atoms with E-state index >= 15 is 4.39 Å². The molecule has 9 heteroatoms. The van der Waals surface area contributed by atoms with Crippen molar-refractivity contribution in [3.63, 3.8) is 0 Å². The summed E-state index contributed by atoms with van der Waals surface area (Å²) < 4.78 is 47.1. The van der Waals surface area contributed by atoms with Crippen LogP contribution in [0.25, 0.3) is 11.1 Å². The minimum absolute atomic E-state index is 0.0337. The van der Waals surface area contributed by atoms with Gasteiger partial charge in [0, 0.05) is 42.1 Å². The third-order valence-corrected chi connectivity index (χ3v) is 8.59. The molecule has 0 aliphatic carbocycles. The fourth-order valence-corrected chi connectivity index (χ4v) is 6.17. The Morgan fingerprint density at radius 2 is 1.67 bits per heavy atom. The Morgan fingerprint density at radius 3 is 2.31 bits per heavy atom. The van der Waals surface area contributed by atoms with E-state index < -0.39 is 21.7 Å². The Labute approximate surface area is 232 Å². The lowest BCUT2D eigenvalue weighted by atomic mass is 9.92. The molecule has 0 amide bonds. The van der Waals surface area contributed by atoms with Gasteiger partial charge >= 0.3 is 0 Å². The van der Waals surface area contributed by atoms with Crippen LogP contribution < -0.4 is 16.0 Å². The van der Waals surface area contributed by atoms with E-state index in [0.29, 0.717) is 33.7 Å². The monoisotopic (exact) mass is 568 g/mol. The highest BCUT2D eigenvalue weighted by Crippen LogP contribution is 2.37. The Morgan fingerprint density at radius 1 is 1.00 bits per heavy atom. The molecule has 1 atom stereocenters. The zero-order valence-electron chi connectivity index (χ0n) is 22.2. The molecule has 0 fully saturated rings. The minimum Gasteiger partial charge on any atom is -0.495 e. The third-order valence-electron chi connectivity index (χ3n) is 7.02. The Kier molecular flexibility index (Phi) is 8.30. The maximum atomic E-state index is 15.1. The molecule has 0 aliphatic heterocycles. The van der Waals surface area contributed by atoms with Gasteiger partial charge in [-0.25, -0.2) is 12.8 Å². The number of methoxy groups -OCH3 is 1. The molecule has 3 aromatic carbocycles. The van der Waals surface area contributed by atoms with Gasteiger partial charge < -0.3 is 15.0 Å². The molecule has 0 saturated heterocycles. The summed E-state index contributed by atoms with van der Waals surface area (Å²) in [6.45, 7) is 3.67. The van der Waals surface area contributed by atoms with Crippen LogP contribution in [0.2, 0.25) is 5.02 Å². The second kappa shape index (κ2) is 11.3. The molecule has 0 radical (unpaired) electrons. The number of pyridine rings is 1. The average Bonchev–Trinajstić information content (AvgIpc) is 2.90. The van der Waals surface area contributed by atoms with Gasteiger partial charge in [0.1, 0.15) is 11.6 Å². The first-order chi connectivity index (χ1) is 18.5. The largest absolute Gasteiger partial charge is 0.495 e. The van der Waals surface area contributed by atoms with Gasteiger partial charge in [-0.1, -0.05) is 60.1 Å². The van der Waals surface area contributed by atoms with Crippen LogP contribution in [-0.2, 0) is 22.8 Å². The summed E-state index contributed by atoms with van der Waals surface area (Å²) in [6, 6.07) is 18.0. The van der Waals surface area contributed by atoms with Crippen LogP contribution in [0.5, 0.6) is 5.75 Å². The van der Waals surface area contributed by atoms with E-state index in [1.54, 1.807) is 36.6 Å². The molecule has 0 bridgehead atoms. The third kappa shape index (κ3) is 5.64. The Balaban J connectivity index is 2.01. The van der Waals surface area contributed by atoms with Crippen molar-refractivity contribution in [3.8, 4) is 16.9 Å². The lowest BCUT2D eigenvalue weighted by molar-refractivity contribution is 0.415. The number of nitrogens with two attached hydrogens (primary N) is 1. The van der Waals surface area contributed by atoms with Crippen molar-refractivity contribution in [1.82, 2.24) is 4.57 Å². The summed E-state index contributed by atoms with van der Waals surface area (Å²) in [5.74, 6) is -0.243. The number of nitrogens with zero attached hydrogens (tertiary/aromatic N) is 1. The van der Waals surface area contributed by atoms with Gasteiger partial charge in [-0.05, 0) is 48.7 Å². The van der Waals surface area contributed by atoms with Crippen LogP contribution in [0.4, 0.5) is 4.39 Å². The number of aromatic nitrogens is 1. The lowest BCUT2D eigenvalue weighted by Gasteiger charge is -2.24. The molecule has 0 saturated carbocycles. The van der Waals surface area contributed by atoms with Crippen LogP contribution in [0.3, 0.4) is 0 Å². The molecule has 6 nitrogen and oxygen atoms in total. The van der Waals surface area contributed by atoms with Crippen LogP contribution in [0, 0.1) is 19.7 Å². The summed E-state index contributed by atoms with van der Waals surface area (Å²) in [4.78, 5) is 14.0. The van der Waals surface area contributed by atoms with Crippen molar-refractivity contribution in [1.29, 1.82) is 0 Å². The fourth-order valence-electron chi connectivity index (χ4n) is 4.93. The maximum Gasteiger partial charge on any atom is 0.259 e. The maximum absolute atomic E-state index is 15.1. The first-order valence-electron chi connectivity index (χ1n) is 12.3. The molecule has 1 heterocycles. The summed E-state index contributed by atoms with van der Waals surface area (Å²) >= 11 is 6.67. The van der Waals surface area contributed by atoms with Crippen molar-refractivity contribution in [3.05, 3.63) is 116 Å². The van der Waals surface area contributed by atoms with Crippen molar-refractivity contribution < 1.29 is 17.5 Å². The zero-order chi connectivity index (χ0) is 28.5. The molecule has 1 aromatic heterocycles. The predicted octanol–water partition coefficient (Wildman–Crippen LogP) is 5.63. The smallest absolute Gasteiger partial charge is 0.259 e. The summed E-state index contributed by atoms with van der Waals surface area (Å²) in [6.07, 6.45) is 0.994. The molecule has 1 unspecified atom stereocenters. The highest BCUT2D eigenvalue weighted by atomic mass is 35.5. The van der Waals surface area contributed by atoms with Crippen LogP contribution in [0.15, 0.2) is 76.4 Å². The second-order valence-corrected chi connectivity index (χ2v) is 11.8. The number of ether oxygens (including phenoxy) is 1. The first-order valence-corrected chi connectivity index (χ1v) is 14.6. The van der Waals surface area contributed by atoms with E-state index in [-0.39, 0.29) is 34.0 Å². The Bertz CT molecular complexity index is 1700. The number of halogens is 2. The van der Waals surface area contributed by atoms with Gasteiger partial charge in [0.25, 0.3) is 5.56 Å². The minimum atomic E-state index is -3.72. The van der Waals surface area contributed by atoms with E-state index in [9.17, 15) is 13.2 Å². The Hall–Kier alpha value is -3.46. The van der Waals surface area contributed by atoms with Crippen molar-refractivity contribution in [2.24, 2.45) is 5.73 Å². The fraction of sp³-hybridized carbons (Fsp3) is 0.233. The van der Waals surface area contributed by atoms with Gasteiger partial charge in [0.2, 0.25) is 0 Å². The van der Waals surface area contributed by atoms with Crippen LogP contribution >= 0.6 is 11.6 Å². The van der Waals surface area contributed by atoms with Crippen LogP contribution in [-0.4, -0.2) is 26.4 Å². The molecule has 4 rings (SSSR count). The summed E-state index contributed by atoms with van der Waals surface area (Å²) in [5, 5.41) is 0.261. The van der Waals surface area contributed by atoms with Gasteiger partial charge in [-0.2, -0.15) is 0 Å². The number of hydrogen-bond acceptors (Lipinski definition) is 5. The van der Waals surface area contributed by atoms with Gasteiger partial charge in [0.05, 0.1) is 22.6 Å². The van der Waals surface area contributed by atoms with Gasteiger partial charge in [-0.15, -0.1) is 0 Å². The molecule has 39 heavy (non-hydrogen) atoms. The van der Waals surface area contributed by atoms with Gasteiger partial charge in [-0.3, -0.25) is 4.79 Å². The van der Waals surface area contributed by atoms with E-state index in [2.05, 4.69) is 0 Å². The number of rotatable bonds is 8. The van der Waals surface area contributed by atoms with E-state index in [1.165, 1.54) is 25.3 Å². The average molecular weight is 569 g/mol. The van der Waals surface area contributed by atoms with Gasteiger partial charge in [0.15, 0.2) is 9.84 Å². The van der Waals surface area contributed by atoms with Crippen molar-refractivity contribution >= 4 is 21.4 Å². The predicted molar refractivity (Wildman–Crippen MR) is 153 cm³/mol. The molecule has 0 aliphatic rings. The molecular weight excluding hydrogens is 539 g/mol. The first kappa shape index (κ1) is 28.5. The number of hydrogen-bond donors (Lipinski definition) is 1. The molecule has 4 aromatic rings. The molecule has 2 N–H and O–H groups in total. The number of sulfone groups is 1. The van der Waals surface area contributed by atoms with E-state index in [0.717, 1.165) is 11.8 Å². The molecule has 0 spiro atoms. The lowest BCUT2D eigenvalue weighted by Crippen LogP contribution is -2.31. The zero-order valence-corrected chi connectivity index (χ0v) is 23.7.